The Labute approximate surface area is 195 Å². The number of carbonyl (C=O) groups is 2. The quantitative estimate of drug-likeness (QED) is 0.482. The van der Waals surface area contributed by atoms with E-state index in [0.29, 0.717) is 44.9 Å². The zero-order chi connectivity index (χ0) is 22.3. The van der Waals surface area contributed by atoms with Gasteiger partial charge in [0.1, 0.15) is 5.92 Å². The molecule has 2 aromatic carbocycles. The number of esters is 1. The van der Waals surface area contributed by atoms with Gasteiger partial charge in [-0.15, -0.1) is 0 Å². The van der Waals surface area contributed by atoms with E-state index >= 15 is 0 Å². The number of ether oxygens (including phenoxy) is 1. The summed E-state index contributed by atoms with van der Waals surface area (Å²) >= 11 is 18.4. The summed E-state index contributed by atoms with van der Waals surface area (Å²) in [6.07, 6.45) is 0.937. The van der Waals surface area contributed by atoms with Gasteiger partial charge in [0, 0.05) is 34.3 Å². The highest BCUT2D eigenvalue weighted by Crippen LogP contribution is 2.47. The molecule has 0 N–H and O–H groups in total. The molecule has 0 bridgehead atoms. The van der Waals surface area contributed by atoms with Gasteiger partial charge in [-0.3, -0.25) is 14.6 Å². The van der Waals surface area contributed by atoms with Gasteiger partial charge >= 0.3 is 5.97 Å². The molecular weight excluding hydrogens is 457 g/mol. The van der Waals surface area contributed by atoms with Crippen LogP contribution in [0.25, 0.3) is 0 Å². The van der Waals surface area contributed by atoms with Crippen LogP contribution in [0, 0.1) is 5.92 Å². The van der Waals surface area contributed by atoms with Crippen LogP contribution in [-0.4, -0.2) is 24.6 Å². The summed E-state index contributed by atoms with van der Waals surface area (Å²) in [5, 5.41) is 1.43. The molecule has 0 aromatic heterocycles. The lowest BCUT2D eigenvalue weighted by atomic mass is 9.69. The SMILES string of the molecule is COC(=O)C1C(C)=NC2=C(C(=O)C[C@@H](c3ccc(Cl)cc3)C2)[C@@H]1c1ccc(Cl)c(Cl)c1. The Morgan fingerprint density at radius 1 is 1.00 bits per heavy atom. The van der Waals surface area contributed by atoms with E-state index in [2.05, 4.69) is 0 Å². The summed E-state index contributed by atoms with van der Waals surface area (Å²) in [6.45, 7) is 1.80. The number of halogens is 3. The van der Waals surface area contributed by atoms with Crippen molar-refractivity contribution in [1.82, 2.24) is 0 Å². The number of ketones is 1. The Hall–Kier alpha value is -2.14. The molecule has 1 aliphatic heterocycles. The molecule has 0 saturated heterocycles. The number of methoxy groups -OCH3 is 1. The van der Waals surface area contributed by atoms with Crippen LogP contribution in [-0.2, 0) is 14.3 Å². The zero-order valence-corrected chi connectivity index (χ0v) is 19.3. The summed E-state index contributed by atoms with van der Waals surface area (Å²) in [5.74, 6) is -1.67. The van der Waals surface area contributed by atoms with Crippen LogP contribution in [0.4, 0.5) is 0 Å². The van der Waals surface area contributed by atoms with E-state index in [1.54, 1.807) is 25.1 Å². The van der Waals surface area contributed by atoms with E-state index in [0.717, 1.165) is 11.1 Å². The second-order valence-corrected chi connectivity index (χ2v) is 9.10. The van der Waals surface area contributed by atoms with Crippen LogP contribution >= 0.6 is 34.8 Å². The van der Waals surface area contributed by atoms with Crippen LogP contribution in [0.5, 0.6) is 0 Å². The Morgan fingerprint density at radius 3 is 2.32 bits per heavy atom. The molecule has 0 fully saturated rings. The first-order valence-corrected chi connectivity index (χ1v) is 11.0. The lowest BCUT2D eigenvalue weighted by Crippen LogP contribution is -2.37. The van der Waals surface area contributed by atoms with Crippen molar-refractivity contribution in [3.05, 3.63) is 79.9 Å². The molecule has 1 heterocycles. The van der Waals surface area contributed by atoms with Crippen LogP contribution in [0.1, 0.15) is 42.7 Å². The highest BCUT2D eigenvalue weighted by molar-refractivity contribution is 6.42. The molecule has 0 radical (unpaired) electrons. The number of carbonyl (C=O) groups excluding carboxylic acids is 2. The number of benzene rings is 2. The molecule has 4 rings (SSSR count). The summed E-state index contributed by atoms with van der Waals surface area (Å²) < 4.78 is 5.06. The first-order valence-electron chi connectivity index (χ1n) is 9.89. The van der Waals surface area contributed by atoms with E-state index in [-0.39, 0.29) is 11.7 Å². The van der Waals surface area contributed by atoms with Crippen molar-refractivity contribution in [3.63, 3.8) is 0 Å². The number of rotatable bonds is 3. The number of allylic oxidation sites excluding steroid dienone is 2. The lowest BCUT2D eigenvalue weighted by Gasteiger charge is -2.36. The molecule has 0 amide bonds. The van der Waals surface area contributed by atoms with Crippen molar-refractivity contribution in [1.29, 1.82) is 0 Å². The highest BCUT2D eigenvalue weighted by atomic mass is 35.5. The Morgan fingerprint density at radius 2 is 1.68 bits per heavy atom. The predicted octanol–water partition coefficient (Wildman–Crippen LogP) is 6.39. The minimum Gasteiger partial charge on any atom is -0.468 e. The van der Waals surface area contributed by atoms with Gasteiger partial charge in [0.05, 0.1) is 17.2 Å². The third-order valence-corrected chi connectivity index (χ3v) is 6.98. The fourth-order valence-corrected chi connectivity index (χ4v) is 4.96. The Kier molecular flexibility index (Phi) is 6.25. The molecule has 0 saturated carbocycles. The van der Waals surface area contributed by atoms with Crippen molar-refractivity contribution in [2.75, 3.05) is 7.11 Å². The molecule has 31 heavy (non-hydrogen) atoms. The van der Waals surface area contributed by atoms with Gasteiger partial charge < -0.3 is 4.74 Å². The standard InChI is InChI=1S/C24H20Cl3NO3/c1-12-21(24(30)31-2)22(14-5-8-17(26)18(27)9-14)23-19(28-12)10-15(11-20(23)29)13-3-6-16(25)7-4-13/h3-9,15,21-22H,10-11H2,1-2H3/t15-,21?,22+/m0/s1. The van der Waals surface area contributed by atoms with Gasteiger partial charge in [0.25, 0.3) is 0 Å². The third kappa shape index (κ3) is 4.17. The minimum atomic E-state index is -0.697. The van der Waals surface area contributed by atoms with Gasteiger partial charge in [0.2, 0.25) is 0 Å². The van der Waals surface area contributed by atoms with Crippen LogP contribution < -0.4 is 0 Å². The van der Waals surface area contributed by atoms with Crippen molar-refractivity contribution < 1.29 is 14.3 Å². The number of hydrogen-bond acceptors (Lipinski definition) is 4. The topological polar surface area (TPSA) is 55.7 Å². The molecule has 4 nitrogen and oxygen atoms in total. The van der Waals surface area contributed by atoms with Gasteiger partial charge in [-0.2, -0.15) is 0 Å². The number of hydrogen-bond donors (Lipinski definition) is 0. The van der Waals surface area contributed by atoms with Crippen molar-refractivity contribution in [2.24, 2.45) is 10.9 Å². The molecule has 7 heteroatoms. The average Bonchev–Trinajstić information content (AvgIpc) is 2.74. The minimum absolute atomic E-state index is 0.00389. The maximum absolute atomic E-state index is 13.4. The number of Topliss-reactive ketones (excluding diaryl/α,β-unsaturated/α-hetero) is 1. The van der Waals surface area contributed by atoms with Crippen LogP contribution in [0.15, 0.2) is 58.7 Å². The maximum Gasteiger partial charge on any atom is 0.315 e. The summed E-state index contributed by atoms with van der Waals surface area (Å²) in [6, 6.07) is 12.7. The second-order valence-electron chi connectivity index (χ2n) is 7.85. The van der Waals surface area contributed by atoms with Gasteiger partial charge in [-0.1, -0.05) is 53.0 Å². The molecule has 2 aliphatic rings. The molecule has 3 atom stereocenters. The zero-order valence-electron chi connectivity index (χ0n) is 17.0. The molecule has 1 unspecified atom stereocenters. The third-order valence-electron chi connectivity index (χ3n) is 5.99. The smallest absolute Gasteiger partial charge is 0.315 e. The van der Waals surface area contributed by atoms with E-state index in [1.165, 1.54) is 7.11 Å². The number of aliphatic imine (C=N–C) groups is 1. The molecule has 2 aromatic rings. The lowest BCUT2D eigenvalue weighted by molar-refractivity contribution is -0.143. The molecule has 160 valence electrons. The van der Waals surface area contributed by atoms with E-state index in [9.17, 15) is 9.59 Å². The van der Waals surface area contributed by atoms with Crippen LogP contribution in [0.3, 0.4) is 0 Å². The van der Waals surface area contributed by atoms with Gasteiger partial charge in [0.15, 0.2) is 5.78 Å². The Bertz CT molecular complexity index is 1120. The first kappa shape index (κ1) is 22.1. The Balaban J connectivity index is 1.82. The van der Waals surface area contributed by atoms with Crippen molar-refractivity contribution >= 4 is 52.3 Å². The van der Waals surface area contributed by atoms with Crippen molar-refractivity contribution in [2.45, 2.75) is 31.6 Å². The average molecular weight is 477 g/mol. The second kappa shape index (κ2) is 8.78. The fourth-order valence-electron chi connectivity index (χ4n) is 4.53. The molecule has 1 aliphatic carbocycles. The van der Waals surface area contributed by atoms with E-state index in [1.807, 2.05) is 24.3 Å². The summed E-state index contributed by atoms with van der Waals surface area (Å²) in [7, 11) is 1.34. The summed E-state index contributed by atoms with van der Waals surface area (Å²) in [5.41, 5.74) is 3.67. The van der Waals surface area contributed by atoms with Gasteiger partial charge in [-0.05, 0) is 54.7 Å². The summed E-state index contributed by atoms with van der Waals surface area (Å²) in [4.78, 5) is 30.8. The van der Waals surface area contributed by atoms with Gasteiger partial charge in [-0.25, -0.2) is 0 Å². The van der Waals surface area contributed by atoms with E-state index in [4.69, 9.17) is 44.5 Å². The van der Waals surface area contributed by atoms with E-state index < -0.39 is 17.8 Å². The molecule has 0 spiro atoms. The normalized spacial score (nSPS) is 23.3. The first-order chi connectivity index (χ1) is 14.8. The number of nitrogens with zero attached hydrogens (tertiary/aromatic N) is 1. The molecular formula is C24H20Cl3NO3. The monoisotopic (exact) mass is 475 g/mol. The van der Waals surface area contributed by atoms with Crippen LogP contribution in [0.2, 0.25) is 15.1 Å². The largest absolute Gasteiger partial charge is 0.468 e. The van der Waals surface area contributed by atoms with Crippen molar-refractivity contribution in [3.8, 4) is 0 Å². The fraction of sp³-hybridized carbons (Fsp3) is 0.292. The highest BCUT2D eigenvalue weighted by Gasteiger charge is 2.44. The maximum atomic E-state index is 13.4. The predicted molar refractivity (Wildman–Crippen MR) is 123 cm³/mol.